The Labute approximate surface area is 138 Å². The summed E-state index contributed by atoms with van der Waals surface area (Å²) in [6.45, 7) is 0. The lowest BCUT2D eigenvalue weighted by atomic mass is 9.94. The quantitative estimate of drug-likeness (QED) is 0.729. The van der Waals surface area contributed by atoms with E-state index >= 15 is 0 Å². The van der Waals surface area contributed by atoms with Gasteiger partial charge in [0.25, 0.3) is 5.91 Å². The van der Waals surface area contributed by atoms with Crippen LogP contribution in [-0.2, 0) is 6.42 Å². The number of benzene rings is 1. The van der Waals surface area contributed by atoms with E-state index in [-0.39, 0.29) is 11.9 Å². The molecule has 0 spiro atoms. The summed E-state index contributed by atoms with van der Waals surface area (Å²) >= 11 is 8.63. The van der Waals surface area contributed by atoms with Crippen LogP contribution in [0.5, 0.6) is 0 Å². The molecule has 5 heteroatoms. The molecule has 20 heavy (non-hydrogen) atoms. The highest BCUT2D eigenvalue weighted by Crippen LogP contribution is 2.33. The van der Waals surface area contributed by atoms with Gasteiger partial charge in [0.15, 0.2) is 0 Å². The van der Waals surface area contributed by atoms with Crippen LogP contribution >= 0.6 is 43.2 Å². The van der Waals surface area contributed by atoms with Crippen LogP contribution < -0.4 is 5.32 Å². The third-order valence-electron chi connectivity index (χ3n) is 3.48. The first kappa shape index (κ1) is 14.3. The molecule has 1 atom stereocenters. The number of hydrogen-bond acceptors (Lipinski definition) is 2. The van der Waals surface area contributed by atoms with Gasteiger partial charge in [-0.05, 0) is 54.5 Å². The Morgan fingerprint density at radius 3 is 2.75 bits per heavy atom. The molecule has 3 rings (SSSR count). The number of rotatable bonds is 2. The standard InChI is InChI=1S/C15H13Br2NOS/c16-10-6-9(7-11(17)8-10)15(19)18-13-2-1-3-14-12(13)4-5-20-14/h4-8,13H,1-3H2,(H,18,19). The van der Waals surface area contributed by atoms with Crippen LogP contribution in [0.4, 0.5) is 0 Å². The lowest BCUT2D eigenvalue weighted by Gasteiger charge is -2.23. The fourth-order valence-electron chi connectivity index (χ4n) is 2.56. The Kier molecular flexibility index (Phi) is 4.29. The second kappa shape index (κ2) is 6.00. The average Bonchev–Trinajstić information content (AvgIpc) is 2.87. The van der Waals surface area contributed by atoms with Crippen molar-refractivity contribution in [1.29, 1.82) is 0 Å². The number of thiophene rings is 1. The Bertz CT molecular complexity index is 633. The van der Waals surface area contributed by atoms with E-state index in [0.717, 1.165) is 28.2 Å². The van der Waals surface area contributed by atoms with Crippen molar-refractivity contribution < 1.29 is 4.79 Å². The Morgan fingerprint density at radius 2 is 2.00 bits per heavy atom. The fourth-order valence-corrected chi connectivity index (χ4v) is 4.84. The normalized spacial score (nSPS) is 17.6. The van der Waals surface area contributed by atoms with E-state index in [1.807, 2.05) is 18.2 Å². The second-order valence-corrected chi connectivity index (χ2v) is 7.71. The van der Waals surface area contributed by atoms with Crippen LogP contribution in [0.2, 0.25) is 0 Å². The number of amides is 1. The van der Waals surface area contributed by atoms with Gasteiger partial charge < -0.3 is 5.32 Å². The highest BCUT2D eigenvalue weighted by Gasteiger charge is 2.23. The average molecular weight is 415 g/mol. The third-order valence-corrected chi connectivity index (χ3v) is 5.39. The van der Waals surface area contributed by atoms with Gasteiger partial charge in [0.2, 0.25) is 0 Å². The van der Waals surface area contributed by atoms with Crippen molar-refractivity contribution in [3.63, 3.8) is 0 Å². The zero-order valence-electron chi connectivity index (χ0n) is 10.7. The number of aryl methyl sites for hydroxylation is 1. The number of carbonyl (C=O) groups excluding carboxylic acids is 1. The maximum atomic E-state index is 12.4. The number of nitrogens with one attached hydrogen (secondary N) is 1. The molecule has 0 aliphatic heterocycles. The molecule has 1 aromatic heterocycles. The van der Waals surface area contributed by atoms with Crippen LogP contribution in [-0.4, -0.2) is 5.91 Å². The minimum atomic E-state index is -0.0175. The fraction of sp³-hybridized carbons (Fsp3) is 0.267. The SMILES string of the molecule is O=C(NC1CCCc2sccc21)c1cc(Br)cc(Br)c1. The Balaban J connectivity index is 1.80. The van der Waals surface area contributed by atoms with E-state index in [0.29, 0.717) is 5.56 Å². The molecule has 0 fully saturated rings. The first-order chi connectivity index (χ1) is 9.63. The van der Waals surface area contributed by atoms with E-state index in [1.54, 1.807) is 11.3 Å². The second-order valence-electron chi connectivity index (χ2n) is 4.88. The Hall–Kier alpha value is -0.650. The molecule has 0 bridgehead atoms. The number of halogens is 2. The van der Waals surface area contributed by atoms with Crippen molar-refractivity contribution in [2.45, 2.75) is 25.3 Å². The summed E-state index contributed by atoms with van der Waals surface area (Å²) in [6, 6.07) is 7.90. The van der Waals surface area contributed by atoms with E-state index < -0.39 is 0 Å². The van der Waals surface area contributed by atoms with Crippen LogP contribution in [0.1, 0.15) is 39.7 Å². The summed E-state index contributed by atoms with van der Waals surface area (Å²) in [5.74, 6) is -0.0175. The number of carbonyl (C=O) groups is 1. The first-order valence-corrected chi connectivity index (χ1v) is 8.93. The predicted octanol–water partition coefficient (Wildman–Crippen LogP) is 5.08. The molecule has 1 heterocycles. The molecular weight excluding hydrogens is 402 g/mol. The van der Waals surface area contributed by atoms with Crippen molar-refractivity contribution in [3.05, 3.63) is 54.6 Å². The van der Waals surface area contributed by atoms with Gasteiger partial charge >= 0.3 is 0 Å². The van der Waals surface area contributed by atoms with E-state index in [9.17, 15) is 4.79 Å². The molecule has 2 aromatic rings. The maximum absolute atomic E-state index is 12.4. The molecule has 1 unspecified atom stereocenters. The zero-order chi connectivity index (χ0) is 14.1. The van der Waals surface area contributed by atoms with Crippen molar-refractivity contribution in [1.82, 2.24) is 5.32 Å². The molecular formula is C15H13Br2NOS. The summed E-state index contributed by atoms with van der Waals surface area (Å²) in [4.78, 5) is 13.8. The van der Waals surface area contributed by atoms with Crippen LogP contribution in [0, 0.1) is 0 Å². The van der Waals surface area contributed by atoms with Gasteiger partial charge in [-0.1, -0.05) is 31.9 Å². The van der Waals surface area contributed by atoms with Gasteiger partial charge in [0.1, 0.15) is 0 Å². The van der Waals surface area contributed by atoms with Crippen molar-refractivity contribution in [3.8, 4) is 0 Å². The van der Waals surface area contributed by atoms with Gasteiger partial charge in [-0.3, -0.25) is 4.79 Å². The summed E-state index contributed by atoms with van der Waals surface area (Å²) in [5.41, 5.74) is 1.97. The first-order valence-electron chi connectivity index (χ1n) is 6.47. The van der Waals surface area contributed by atoms with E-state index in [2.05, 4.69) is 48.6 Å². The monoisotopic (exact) mass is 413 g/mol. The third kappa shape index (κ3) is 3.00. The van der Waals surface area contributed by atoms with Gasteiger partial charge in [-0.15, -0.1) is 11.3 Å². The number of fused-ring (bicyclic) bond motifs is 1. The minimum Gasteiger partial charge on any atom is -0.345 e. The van der Waals surface area contributed by atoms with E-state index in [4.69, 9.17) is 0 Å². The molecule has 1 aromatic carbocycles. The molecule has 0 radical (unpaired) electrons. The van der Waals surface area contributed by atoms with Crippen LogP contribution in [0.25, 0.3) is 0 Å². The lowest BCUT2D eigenvalue weighted by Crippen LogP contribution is -2.30. The summed E-state index contributed by atoms with van der Waals surface area (Å²) in [6.07, 6.45) is 3.30. The topological polar surface area (TPSA) is 29.1 Å². The molecule has 1 N–H and O–H groups in total. The minimum absolute atomic E-state index is 0.0175. The highest BCUT2D eigenvalue weighted by atomic mass is 79.9. The van der Waals surface area contributed by atoms with E-state index in [1.165, 1.54) is 10.4 Å². The van der Waals surface area contributed by atoms with Crippen LogP contribution in [0.15, 0.2) is 38.6 Å². The molecule has 104 valence electrons. The smallest absolute Gasteiger partial charge is 0.251 e. The molecule has 0 saturated heterocycles. The number of hydrogen-bond donors (Lipinski definition) is 1. The summed E-state index contributed by atoms with van der Waals surface area (Å²) in [5, 5.41) is 5.27. The highest BCUT2D eigenvalue weighted by molar-refractivity contribution is 9.11. The van der Waals surface area contributed by atoms with Crippen molar-refractivity contribution in [2.24, 2.45) is 0 Å². The van der Waals surface area contributed by atoms with Crippen LogP contribution in [0.3, 0.4) is 0 Å². The van der Waals surface area contributed by atoms with Gasteiger partial charge in [-0.25, -0.2) is 0 Å². The van der Waals surface area contributed by atoms with Crippen molar-refractivity contribution in [2.75, 3.05) is 0 Å². The molecule has 2 nitrogen and oxygen atoms in total. The Morgan fingerprint density at radius 1 is 1.25 bits per heavy atom. The maximum Gasteiger partial charge on any atom is 0.251 e. The molecule has 1 aliphatic rings. The molecule has 0 saturated carbocycles. The molecule has 1 aliphatic carbocycles. The van der Waals surface area contributed by atoms with Gasteiger partial charge in [0, 0.05) is 19.4 Å². The van der Waals surface area contributed by atoms with Gasteiger partial charge in [0.05, 0.1) is 6.04 Å². The largest absolute Gasteiger partial charge is 0.345 e. The summed E-state index contributed by atoms with van der Waals surface area (Å²) < 4.78 is 1.80. The molecule has 1 amide bonds. The summed E-state index contributed by atoms with van der Waals surface area (Å²) in [7, 11) is 0. The van der Waals surface area contributed by atoms with Crippen molar-refractivity contribution >= 4 is 49.1 Å². The predicted molar refractivity (Wildman–Crippen MR) is 89.3 cm³/mol. The lowest BCUT2D eigenvalue weighted by molar-refractivity contribution is 0.0933. The van der Waals surface area contributed by atoms with Gasteiger partial charge in [-0.2, -0.15) is 0 Å². The zero-order valence-corrected chi connectivity index (χ0v) is 14.6.